The van der Waals surface area contributed by atoms with Crippen LogP contribution >= 0.6 is 0 Å². The summed E-state index contributed by atoms with van der Waals surface area (Å²) < 4.78 is 5.73. The predicted octanol–water partition coefficient (Wildman–Crippen LogP) is 2.10. The molecule has 0 spiro atoms. The fraction of sp³-hybridized carbons (Fsp3) is 0.615. The number of hydrazine groups is 1. The third-order valence-electron chi connectivity index (χ3n) is 3.69. The summed E-state index contributed by atoms with van der Waals surface area (Å²) >= 11 is 0. The Kier molecular flexibility index (Phi) is 5.05. The largest absolute Gasteiger partial charge is 0.376 e. The highest BCUT2D eigenvalue weighted by molar-refractivity contribution is 5.27. The number of aromatic nitrogens is 1. The van der Waals surface area contributed by atoms with Gasteiger partial charge in [0.1, 0.15) is 0 Å². The molecule has 0 saturated heterocycles. The quantitative estimate of drug-likeness (QED) is 0.587. The molecule has 4 heteroatoms. The van der Waals surface area contributed by atoms with Crippen molar-refractivity contribution < 1.29 is 4.74 Å². The van der Waals surface area contributed by atoms with Crippen LogP contribution < -0.4 is 11.3 Å². The molecule has 4 nitrogen and oxygen atoms in total. The van der Waals surface area contributed by atoms with Crippen LogP contribution in [0.4, 0.5) is 0 Å². The van der Waals surface area contributed by atoms with Gasteiger partial charge < -0.3 is 4.74 Å². The minimum Gasteiger partial charge on any atom is -0.376 e. The molecule has 0 aliphatic heterocycles. The van der Waals surface area contributed by atoms with Crippen molar-refractivity contribution in [2.45, 2.75) is 45.3 Å². The molecule has 0 aliphatic carbocycles. The number of pyridine rings is 1. The third kappa shape index (κ3) is 2.65. The van der Waals surface area contributed by atoms with Crippen LogP contribution in [0.1, 0.15) is 43.9 Å². The van der Waals surface area contributed by atoms with Crippen molar-refractivity contribution in [1.29, 1.82) is 0 Å². The Morgan fingerprint density at radius 3 is 2.53 bits per heavy atom. The number of nitrogens with two attached hydrogens (primary N) is 1. The van der Waals surface area contributed by atoms with Gasteiger partial charge in [-0.05, 0) is 37.0 Å². The molecule has 0 radical (unpaired) electrons. The second-order valence-electron chi connectivity index (χ2n) is 4.31. The average molecular weight is 237 g/mol. The molecule has 1 unspecified atom stereocenters. The van der Waals surface area contributed by atoms with Gasteiger partial charge in [0.15, 0.2) is 0 Å². The number of hydrogen-bond donors (Lipinski definition) is 2. The van der Waals surface area contributed by atoms with Crippen LogP contribution in [0.3, 0.4) is 0 Å². The molecule has 1 atom stereocenters. The summed E-state index contributed by atoms with van der Waals surface area (Å²) in [5.41, 5.74) is 4.87. The van der Waals surface area contributed by atoms with Gasteiger partial charge in [0, 0.05) is 19.5 Å². The number of ether oxygens (including phenoxy) is 1. The highest BCUT2D eigenvalue weighted by atomic mass is 16.5. The maximum absolute atomic E-state index is 5.73. The number of aryl methyl sites for hydroxylation is 1. The number of hydrogen-bond acceptors (Lipinski definition) is 4. The van der Waals surface area contributed by atoms with Gasteiger partial charge in [0.05, 0.1) is 11.6 Å². The zero-order valence-corrected chi connectivity index (χ0v) is 11.2. The standard InChI is InChI=1S/C13H23N3O/c1-5-13(6-2,17-4)12(16-14)11-9-15-8-7-10(11)3/h7-9,12,16H,5-6,14H2,1-4H3. The minimum absolute atomic E-state index is 0.0452. The third-order valence-corrected chi connectivity index (χ3v) is 3.69. The number of rotatable bonds is 6. The van der Waals surface area contributed by atoms with Gasteiger partial charge in [-0.2, -0.15) is 0 Å². The summed E-state index contributed by atoms with van der Waals surface area (Å²) in [7, 11) is 1.74. The SMILES string of the molecule is CCC(CC)(OC)C(NN)c1cnccc1C. The van der Waals surface area contributed by atoms with E-state index < -0.39 is 0 Å². The first kappa shape index (κ1) is 14.1. The lowest BCUT2D eigenvalue weighted by Gasteiger charge is -2.38. The van der Waals surface area contributed by atoms with Crippen LogP contribution in [-0.2, 0) is 4.74 Å². The van der Waals surface area contributed by atoms with Crippen molar-refractivity contribution in [3.63, 3.8) is 0 Å². The first-order valence-electron chi connectivity index (χ1n) is 6.07. The zero-order chi connectivity index (χ0) is 12.9. The highest BCUT2D eigenvalue weighted by Crippen LogP contribution is 2.35. The molecular formula is C13H23N3O. The van der Waals surface area contributed by atoms with E-state index in [1.807, 2.05) is 12.3 Å². The second kappa shape index (κ2) is 6.10. The molecule has 0 aliphatic rings. The van der Waals surface area contributed by atoms with Crippen molar-refractivity contribution in [3.8, 4) is 0 Å². The van der Waals surface area contributed by atoms with E-state index in [-0.39, 0.29) is 11.6 Å². The van der Waals surface area contributed by atoms with Crippen LogP contribution in [-0.4, -0.2) is 17.7 Å². The monoisotopic (exact) mass is 237 g/mol. The van der Waals surface area contributed by atoms with Crippen LogP contribution in [0.15, 0.2) is 18.5 Å². The van der Waals surface area contributed by atoms with Gasteiger partial charge in [0.2, 0.25) is 0 Å². The van der Waals surface area contributed by atoms with Crippen LogP contribution in [0.2, 0.25) is 0 Å². The molecule has 0 amide bonds. The molecular weight excluding hydrogens is 214 g/mol. The summed E-state index contributed by atoms with van der Waals surface area (Å²) in [5.74, 6) is 5.73. The van der Waals surface area contributed by atoms with Crippen LogP contribution in [0.25, 0.3) is 0 Å². The zero-order valence-electron chi connectivity index (χ0n) is 11.2. The molecule has 0 fully saturated rings. The predicted molar refractivity (Wildman–Crippen MR) is 69.4 cm³/mol. The first-order chi connectivity index (χ1) is 8.15. The Bertz CT molecular complexity index is 342. The van der Waals surface area contributed by atoms with Crippen LogP contribution in [0, 0.1) is 6.92 Å². The normalized spacial score (nSPS) is 13.7. The van der Waals surface area contributed by atoms with E-state index in [0.29, 0.717) is 0 Å². The van der Waals surface area contributed by atoms with E-state index in [2.05, 4.69) is 31.2 Å². The molecule has 1 heterocycles. The summed E-state index contributed by atoms with van der Waals surface area (Å²) in [5, 5.41) is 0. The summed E-state index contributed by atoms with van der Waals surface area (Å²) in [4.78, 5) is 4.18. The van der Waals surface area contributed by atoms with E-state index in [1.54, 1.807) is 13.3 Å². The lowest BCUT2D eigenvalue weighted by molar-refractivity contribution is -0.0489. The van der Waals surface area contributed by atoms with Crippen molar-refractivity contribution in [3.05, 3.63) is 29.6 Å². The molecule has 96 valence electrons. The molecule has 17 heavy (non-hydrogen) atoms. The van der Waals surface area contributed by atoms with Crippen molar-refractivity contribution in [1.82, 2.24) is 10.4 Å². The van der Waals surface area contributed by atoms with Gasteiger partial charge in [-0.3, -0.25) is 10.8 Å². The number of nitrogens with one attached hydrogen (secondary N) is 1. The van der Waals surface area contributed by atoms with Gasteiger partial charge in [-0.15, -0.1) is 0 Å². The lowest BCUT2D eigenvalue weighted by atomic mass is 9.83. The van der Waals surface area contributed by atoms with Crippen molar-refractivity contribution >= 4 is 0 Å². The Balaban J connectivity index is 3.18. The Morgan fingerprint density at radius 2 is 2.12 bits per heavy atom. The Labute approximate surface area is 104 Å². The minimum atomic E-state index is -0.289. The molecule has 0 aromatic carbocycles. The number of nitrogens with zero attached hydrogens (tertiary/aromatic N) is 1. The molecule has 1 rings (SSSR count). The summed E-state index contributed by atoms with van der Waals surface area (Å²) in [6.45, 7) is 6.29. The topological polar surface area (TPSA) is 60.2 Å². The fourth-order valence-electron chi connectivity index (χ4n) is 2.37. The lowest BCUT2D eigenvalue weighted by Crippen LogP contribution is -2.47. The summed E-state index contributed by atoms with van der Waals surface area (Å²) in [6.07, 6.45) is 5.43. The Hall–Kier alpha value is -0.970. The van der Waals surface area contributed by atoms with Crippen molar-refractivity contribution in [2.24, 2.45) is 5.84 Å². The second-order valence-corrected chi connectivity index (χ2v) is 4.31. The maximum atomic E-state index is 5.73. The van der Waals surface area contributed by atoms with E-state index in [4.69, 9.17) is 10.6 Å². The van der Waals surface area contributed by atoms with E-state index in [1.165, 1.54) is 5.56 Å². The van der Waals surface area contributed by atoms with E-state index in [0.717, 1.165) is 18.4 Å². The molecule has 3 N–H and O–H groups in total. The average Bonchev–Trinajstić information content (AvgIpc) is 2.38. The Morgan fingerprint density at radius 1 is 1.47 bits per heavy atom. The molecule has 0 bridgehead atoms. The van der Waals surface area contributed by atoms with Gasteiger partial charge >= 0.3 is 0 Å². The molecule has 0 saturated carbocycles. The van der Waals surface area contributed by atoms with E-state index >= 15 is 0 Å². The van der Waals surface area contributed by atoms with E-state index in [9.17, 15) is 0 Å². The summed E-state index contributed by atoms with van der Waals surface area (Å²) in [6, 6.07) is 1.95. The van der Waals surface area contributed by atoms with Crippen molar-refractivity contribution in [2.75, 3.05) is 7.11 Å². The van der Waals surface area contributed by atoms with Crippen LogP contribution in [0.5, 0.6) is 0 Å². The van der Waals surface area contributed by atoms with Gasteiger partial charge in [0.25, 0.3) is 0 Å². The first-order valence-corrected chi connectivity index (χ1v) is 6.07. The molecule has 1 aromatic heterocycles. The fourth-order valence-corrected chi connectivity index (χ4v) is 2.37. The van der Waals surface area contributed by atoms with Gasteiger partial charge in [-0.25, -0.2) is 5.43 Å². The smallest absolute Gasteiger partial charge is 0.0880 e. The molecule has 1 aromatic rings. The maximum Gasteiger partial charge on any atom is 0.0880 e. The number of methoxy groups -OCH3 is 1. The van der Waals surface area contributed by atoms with Gasteiger partial charge in [-0.1, -0.05) is 13.8 Å². The highest BCUT2D eigenvalue weighted by Gasteiger charge is 2.37.